The van der Waals surface area contributed by atoms with Crippen molar-refractivity contribution < 1.29 is 22.7 Å². The summed E-state index contributed by atoms with van der Waals surface area (Å²) in [5.41, 5.74) is 1.09. The van der Waals surface area contributed by atoms with Crippen molar-refractivity contribution in [3.8, 4) is 5.88 Å². The highest BCUT2D eigenvalue weighted by molar-refractivity contribution is 6.31. The first-order valence-electron chi connectivity index (χ1n) is 8.02. The number of alkyl halides is 3. The second-order valence-electron chi connectivity index (χ2n) is 6.00. The number of benzene rings is 1. The summed E-state index contributed by atoms with van der Waals surface area (Å²) in [7, 11) is 3.74. The Balaban J connectivity index is 1.98. The van der Waals surface area contributed by atoms with Crippen LogP contribution in [0.2, 0.25) is 5.02 Å². The molecule has 0 saturated heterocycles. The van der Waals surface area contributed by atoms with Crippen molar-refractivity contribution in [3.05, 3.63) is 58.7 Å². The van der Waals surface area contributed by atoms with Gasteiger partial charge in [0.2, 0.25) is 5.88 Å². The second-order valence-corrected chi connectivity index (χ2v) is 6.41. The van der Waals surface area contributed by atoms with Crippen LogP contribution >= 0.6 is 11.6 Å². The molecule has 1 amide bonds. The number of hydrogen-bond donors (Lipinski definition) is 1. The van der Waals surface area contributed by atoms with E-state index in [0.717, 1.165) is 5.56 Å². The quantitative estimate of drug-likeness (QED) is 0.768. The average molecular weight is 402 g/mol. The fraction of sp³-hybridized carbons (Fsp3) is 0.333. The average Bonchev–Trinajstić information content (AvgIpc) is 2.61. The van der Waals surface area contributed by atoms with E-state index in [0.29, 0.717) is 11.6 Å². The Morgan fingerprint density at radius 1 is 1.26 bits per heavy atom. The van der Waals surface area contributed by atoms with Crippen LogP contribution in [0.4, 0.5) is 13.2 Å². The molecule has 1 aromatic carbocycles. The molecule has 0 spiro atoms. The molecule has 0 unspecified atom stereocenters. The Bertz CT molecular complexity index is 767. The van der Waals surface area contributed by atoms with E-state index in [1.807, 2.05) is 37.2 Å². The summed E-state index contributed by atoms with van der Waals surface area (Å²) < 4.78 is 40.9. The van der Waals surface area contributed by atoms with E-state index in [1.54, 1.807) is 6.07 Å². The van der Waals surface area contributed by atoms with Crippen molar-refractivity contribution >= 4 is 17.5 Å². The van der Waals surface area contributed by atoms with Crippen molar-refractivity contribution in [1.82, 2.24) is 15.2 Å². The lowest BCUT2D eigenvalue weighted by atomic mass is 10.1. The van der Waals surface area contributed by atoms with Crippen molar-refractivity contribution in [2.24, 2.45) is 0 Å². The first kappa shape index (κ1) is 21.0. The lowest BCUT2D eigenvalue weighted by Gasteiger charge is -2.26. The number of hydrogen-bond acceptors (Lipinski definition) is 4. The molecule has 0 bridgehead atoms. The van der Waals surface area contributed by atoms with Crippen LogP contribution in [0.5, 0.6) is 5.88 Å². The summed E-state index contributed by atoms with van der Waals surface area (Å²) in [6.07, 6.45) is -3.28. The molecule has 9 heteroatoms. The van der Waals surface area contributed by atoms with E-state index in [4.69, 9.17) is 11.6 Å². The zero-order valence-electron chi connectivity index (χ0n) is 14.8. The van der Waals surface area contributed by atoms with Crippen LogP contribution in [0.25, 0.3) is 0 Å². The number of amides is 1. The molecule has 2 aromatic rings. The minimum absolute atomic E-state index is 0.148. The van der Waals surface area contributed by atoms with E-state index in [1.165, 1.54) is 18.3 Å². The largest absolute Gasteiger partial charge is 0.468 e. The van der Waals surface area contributed by atoms with Crippen LogP contribution in [0.15, 0.2) is 42.6 Å². The molecule has 0 radical (unpaired) electrons. The Hall–Kier alpha value is -2.32. The number of likely N-dealkylation sites (N-methyl/N-ethyl adjacent to an activating group) is 1. The SMILES string of the molecule is CN(C)[C@H](CNC(=O)c1ccc(OCC(F)(F)F)nc1)c1ccccc1Cl. The molecule has 0 aliphatic carbocycles. The molecule has 2 rings (SSSR count). The third-order valence-electron chi connectivity index (χ3n) is 3.73. The summed E-state index contributed by atoms with van der Waals surface area (Å²) in [5.74, 6) is -0.602. The molecule has 5 nitrogen and oxygen atoms in total. The molecule has 1 atom stereocenters. The van der Waals surface area contributed by atoms with Crippen molar-refractivity contribution in [3.63, 3.8) is 0 Å². The van der Waals surface area contributed by atoms with E-state index in [-0.39, 0.29) is 17.5 Å². The summed E-state index contributed by atoms with van der Waals surface area (Å²) in [5, 5.41) is 3.38. The topological polar surface area (TPSA) is 54.5 Å². The smallest absolute Gasteiger partial charge is 0.422 e. The summed E-state index contributed by atoms with van der Waals surface area (Å²) in [6.45, 7) is -1.14. The van der Waals surface area contributed by atoms with Gasteiger partial charge in [-0.25, -0.2) is 4.98 Å². The fourth-order valence-electron chi connectivity index (χ4n) is 2.36. The highest BCUT2D eigenvalue weighted by Crippen LogP contribution is 2.25. The van der Waals surface area contributed by atoms with Gasteiger partial charge in [0.05, 0.1) is 11.6 Å². The Morgan fingerprint density at radius 3 is 2.52 bits per heavy atom. The molecule has 1 N–H and O–H groups in total. The maximum Gasteiger partial charge on any atom is 0.422 e. The molecule has 0 aliphatic heterocycles. The van der Waals surface area contributed by atoms with Gasteiger partial charge >= 0.3 is 6.18 Å². The number of aromatic nitrogens is 1. The monoisotopic (exact) mass is 401 g/mol. The van der Waals surface area contributed by atoms with Crippen LogP contribution in [-0.4, -0.2) is 49.2 Å². The molecule has 146 valence electrons. The molecule has 1 heterocycles. The van der Waals surface area contributed by atoms with Gasteiger partial charge in [-0.1, -0.05) is 29.8 Å². The number of nitrogens with zero attached hydrogens (tertiary/aromatic N) is 2. The van der Waals surface area contributed by atoms with Gasteiger partial charge in [0.15, 0.2) is 6.61 Å². The number of carbonyl (C=O) groups excluding carboxylic acids is 1. The first-order chi connectivity index (χ1) is 12.7. The van der Waals surface area contributed by atoms with Crippen LogP contribution in [0.1, 0.15) is 22.0 Å². The maximum atomic E-state index is 12.3. The summed E-state index contributed by atoms with van der Waals surface area (Å²) >= 11 is 6.23. The Morgan fingerprint density at radius 2 is 1.96 bits per heavy atom. The van der Waals surface area contributed by atoms with Gasteiger partial charge in [-0.3, -0.25) is 4.79 Å². The Kier molecular flexibility index (Phi) is 7.04. The molecule has 1 aromatic heterocycles. The number of halogens is 4. The van der Waals surface area contributed by atoms with Crippen molar-refractivity contribution in [2.75, 3.05) is 27.2 Å². The summed E-state index contributed by atoms with van der Waals surface area (Å²) in [6, 6.07) is 9.78. The number of pyridine rings is 1. The highest BCUT2D eigenvalue weighted by atomic mass is 35.5. The van der Waals surface area contributed by atoms with Gasteiger partial charge < -0.3 is 15.0 Å². The predicted molar refractivity (Wildman–Crippen MR) is 96.0 cm³/mol. The molecule has 27 heavy (non-hydrogen) atoms. The van der Waals surface area contributed by atoms with Gasteiger partial charge in [-0.15, -0.1) is 0 Å². The van der Waals surface area contributed by atoms with Crippen molar-refractivity contribution in [1.29, 1.82) is 0 Å². The highest BCUT2D eigenvalue weighted by Gasteiger charge is 2.28. The molecule has 0 saturated carbocycles. The van der Waals surface area contributed by atoms with Crippen LogP contribution in [-0.2, 0) is 0 Å². The van der Waals surface area contributed by atoms with E-state index < -0.39 is 18.7 Å². The number of carbonyl (C=O) groups is 1. The predicted octanol–water partition coefficient (Wildman–Crippen LogP) is 3.71. The number of nitrogens with one attached hydrogen (secondary N) is 1. The lowest BCUT2D eigenvalue weighted by molar-refractivity contribution is -0.154. The second kappa shape index (κ2) is 9.05. The minimum atomic E-state index is -4.45. The van der Waals surface area contributed by atoms with Crippen LogP contribution in [0.3, 0.4) is 0 Å². The van der Waals surface area contributed by atoms with Crippen molar-refractivity contribution in [2.45, 2.75) is 12.2 Å². The maximum absolute atomic E-state index is 12.3. The zero-order chi connectivity index (χ0) is 20.0. The third kappa shape index (κ3) is 6.41. The van der Waals surface area contributed by atoms with Gasteiger partial charge in [0.25, 0.3) is 5.91 Å². The van der Waals surface area contributed by atoms with E-state index in [9.17, 15) is 18.0 Å². The standard InChI is InChI=1S/C18H19ClF3N3O2/c1-25(2)15(13-5-3-4-6-14(13)19)10-24-17(26)12-7-8-16(23-9-12)27-11-18(20,21)22/h3-9,15H,10-11H2,1-2H3,(H,24,26)/t15-/m1/s1. The lowest BCUT2D eigenvalue weighted by Crippen LogP contribution is -2.34. The fourth-order valence-corrected chi connectivity index (χ4v) is 2.62. The first-order valence-corrected chi connectivity index (χ1v) is 8.40. The third-order valence-corrected chi connectivity index (χ3v) is 4.07. The number of rotatable bonds is 7. The minimum Gasteiger partial charge on any atom is -0.468 e. The molecule has 0 aliphatic rings. The van der Waals surface area contributed by atoms with Crippen LogP contribution < -0.4 is 10.1 Å². The zero-order valence-corrected chi connectivity index (χ0v) is 15.5. The van der Waals surface area contributed by atoms with Gasteiger partial charge in [-0.2, -0.15) is 13.2 Å². The molecular weight excluding hydrogens is 383 g/mol. The van der Waals surface area contributed by atoms with Gasteiger partial charge in [0.1, 0.15) is 0 Å². The van der Waals surface area contributed by atoms with E-state index >= 15 is 0 Å². The summed E-state index contributed by atoms with van der Waals surface area (Å²) in [4.78, 5) is 17.9. The molecular formula is C18H19ClF3N3O2. The van der Waals surface area contributed by atoms with E-state index in [2.05, 4.69) is 15.0 Å². The molecule has 0 fully saturated rings. The van der Waals surface area contributed by atoms with Gasteiger partial charge in [-0.05, 0) is 31.8 Å². The normalized spacial score (nSPS) is 12.7. The van der Waals surface area contributed by atoms with Gasteiger partial charge in [0, 0.05) is 23.8 Å². The number of ether oxygens (including phenoxy) is 1. The van der Waals surface area contributed by atoms with Crippen LogP contribution in [0, 0.1) is 0 Å². The Labute approximate surface area is 160 Å².